The molecule has 3 aromatic rings. The van der Waals surface area contributed by atoms with Crippen LogP contribution in [0.4, 0.5) is 10.1 Å². The van der Waals surface area contributed by atoms with Crippen molar-refractivity contribution < 1.29 is 9.13 Å². The molecule has 0 aliphatic carbocycles. The van der Waals surface area contributed by atoms with Gasteiger partial charge in [-0.2, -0.15) is 0 Å². The summed E-state index contributed by atoms with van der Waals surface area (Å²) in [6.45, 7) is 0. The minimum Gasteiger partial charge on any atom is -0.497 e. The van der Waals surface area contributed by atoms with Crippen molar-refractivity contribution in [3.05, 3.63) is 42.2 Å². The minimum absolute atomic E-state index is 0.354. The topological polar surface area (TPSA) is 63.9 Å². The van der Waals surface area contributed by atoms with E-state index in [2.05, 4.69) is 9.97 Å². The van der Waals surface area contributed by atoms with Crippen molar-refractivity contribution in [1.29, 1.82) is 0 Å². The molecule has 6 heteroatoms. The molecule has 20 heavy (non-hydrogen) atoms. The highest BCUT2D eigenvalue weighted by Crippen LogP contribution is 2.30. The number of halogens is 1. The normalized spacial score (nSPS) is 10.9. The number of imidazole rings is 1. The molecule has 3 rings (SSSR count). The molecule has 0 atom stereocenters. The van der Waals surface area contributed by atoms with E-state index in [4.69, 9.17) is 10.5 Å². The lowest BCUT2D eigenvalue weighted by Crippen LogP contribution is -1.88. The van der Waals surface area contributed by atoms with Crippen LogP contribution in [0.1, 0.15) is 0 Å². The molecular weight excluding hydrogens is 277 g/mol. The van der Waals surface area contributed by atoms with Gasteiger partial charge in [-0.05, 0) is 42.1 Å². The molecule has 0 amide bonds. The number of hydrogen-bond donors (Lipinski definition) is 2. The first-order chi connectivity index (χ1) is 9.65. The van der Waals surface area contributed by atoms with Crippen LogP contribution in [0.3, 0.4) is 0 Å². The predicted octanol–water partition coefficient (Wildman–Crippen LogP) is 3.44. The number of aromatic amines is 1. The standard InChI is InChI=1S/C14H12FN3OS/c1-19-9-3-4-11-12(7-9)18-14(17-11)20-13-5-2-8(16)6-10(13)15/h2-7H,16H2,1H3,(H,17,18). The van der Waals surface area contributed by atoms with Crippen LogP contribution >= 0.6 is 11.8 Å². The summed E-state index contributed by atoms with van der Waals surface area (Å²) in [6.07, 6.45) is 0. The molecule has 102 valence electrons. The van der Waals surface area contributed by atoms with Crippen LogP contribution in [0.15, 0.2) is 46.5 Å². The Morgan fingerprint density at radius 1 is 1.25 bits per heavy atom. The fraction of sp³-hybridized carbons (Fsp3) is 0.0714. The zero-order valence-corrected chi connectivity index (χ0v) is 11.5. The number of anilines is 1. The second kappa shape index (κ2) is 5.05. The lowest BCUT2D eigenvalue weighted by atomic mass is 10.3. The van der Waals surface area contributed by atoms with Gasteiger partial charge in [-0.25, -0.2) is 9.37 Å². The third kappa shape index (κ3) is 2.42. The lowest BCUT2D eigenvalue weighted by molar-refractivity contribution is 0.415. The smallest absolute Gasteiger partial charge is 0.171 e. The van der Waals surface area contributed by atoms with Crippen LogP contribution in [0.5, 0.6) is 5.75 Å². The molecule has 0 saturated heterocycles. The molecule has 0 saturated carbocycles. The number of nitrogens with two attached hydrogens (primary N) is 1. The van der Waals surface area contributed by atoms with Crippen LogP contribution in [-0.4, -0.2) is 17.1 Å². The number of nitrogens with one attached hydrogen (secondary N) is 1. The average molecular weight is 289 g/mol. The molecule has 0 aliphatic heterocycles. The summed E-state index contributed by atoms with van der Waals surface area (Å²) >= 11 is 1.22. The van der Waals surface area contributed by atoms with Crippen LogP contribution in [-0.2, 0) is 0 Å². The van der Waals surface area contributed by atoms with Crippen molar-refractivity contribution in [3.63, 3.8) is 0 Å². The van der Waals surface area contributed by atoms with Crippen LogP contribution in [0, 0.1) is 5.82 Å². The number of benzene rings is 2. The second-order valence-electron chi connectivity index (χ2n) is 4.22. The van der Waals surface area contributed by atoms with Crippen molar-refractivity contribution in [2.75, 3.05) is 12.8 Å². The summed E-state index contributed by atoms with van der Waals surface area (Å²) in [7, 11) is 1.61. The van der Waals surface area contributed by atoms with E-state index in [0.29, 0.717) is 15.7 Å². The van der Waals surface area contributed by atoms with E-state index in [-0.39, 0.29) is 5.82 Å². The number of rotatable bonds is 3. The molecule has 4 nitrogen and oxygen atoms in total. The van der Waals surface area contributed by atoms with Gasteiger partial charge in [0.05, 0.1) is 23.0 Å². The van der Waals surface area contributed by atoms with Gasteiger partial charge in [0, 0.05) is 11.8 Å². The molecule has 0 radical (unpaired) electrons. The summed E-state index contributed by atoms with van der Waals surface area (Å²) in [5.74, 6) is 0.393. The first kappa shape index (κ1) is 12.8. The lowest BCUT2D eigenvalue weighted by Gasteiger charge is -2.00. The number of hydrogen-bond acceptors (Lipinski definition) is 4. The van der Waals surface area contributed by atoms with Crippen molar-refractivity contribution in [1.82, 2.24) is 9.97 Å². The van der Waals surface area contributed by atoms with Crippen LogP contribution in [0.25, 0.3) is 11.0 Å². The fourth-order valence-corrected chi connectivity index (χ4v) is 2.65. The predicted molar refractivity (Wildman–Crippen MR) is 77.6 cm³/mol. The van der Waals surface area contributed by atoms with Gasteiger partial charge in [0.2, 0.25) is 0 Å². The molecule has 0 bridgehead atoms. The number of nitrogen functional groups attached to an aromatic ring is 1. The zero-order chi connectivity index (χ0) is 14.1. The maximum absolute atomic E-state index is 13.7. The minimum atomic E-state index is -0.354. The molecule has 0 unspecified atom stereocenters. The van der Waals surface area contributed by atoms with Gasteiger partial charge in [0.1, 0.15) is 11.6 Å². The maximum atomic E-state index is 13.7. The summed E-state index contributed by atoms with van der Waals surface area (Å²) in [5.41, 5.74) is 7.59. The summed E-state index contributed by atoms with van der Waals surface area (Å²) in [6, 6.07) is 10.1. The summed E-state index contributed by atoms with van der Waals surface area (Å²) in [5, 5.41) is 0.622. The van der Waals surface area contributed by atoms with Gasteiger partial charge < -0.3 is 15.5 Å². The quantitative estimate of drug-likeness (QED) is 0.725. The Kier molecular flexibility index (Phi) is 3.23. The van der Waals surface area contributed by atoms with E-state index in [1.54, 1.807) is 19.2 Å². The number of fused-ring (bicyclic) bond motifs is 1. The van der Waals surface area contributed by atoms with E-state index < -0.39 is 0 Å². The molecular formula is C14H12FN3OS. The van der Waals surface area contributed by atoms with E-state index in [9.17, 15) is 4.39 Å². The second-order valence-corrected chi connectivity index (χ2v) is 5.25. The molecule has 0 fully saturated rings. The number of ether oxygens (including phenoxy) is 1. The van der Waals surface area contributed by atoms with E-state index in [0.717, 1.165) is 16.8 Å². The van der Waals surface area contributed by atoms with E-state index in [1.807, 2.05) is 18.2 Å². The highest BCUT2D eigenvalue weighted by molar-refractivity contribution is 7.99. The van der Waals surface area contributed by atoms with Gasteiger partial charge in [0.25, 0.3) is 0 Å². The van der Waals surface area contributed by atoms with Gasteiger partial charge in [-0.1, -0.05) is 0 Å². The molecule has 1 heterocycles. The van der Waals surface area contributed by atoms with Crippen LogP contribution < -0.4 is 10.5 Å². The monoisotopic (exact) mass is 289 g/mol. The van der Waals surface area contributed by atoms with Crippen molar-refractivity contribution in [2.24, 2.45) is 0 Å². The van der Waals surface area contributed by atoms with E-state index in [1.165, 1.54) is 17.8 Å². The average Bonchev–Trinajstić information content (AvgIpc) is 2.83. The van der Waals surface area contributed by atoms with Gasteiger partial charge >= 0.3 is 0 Å². The molecule has 2 aromatic carbocycles. The van der Waals surface area contributed by atoms with Gasteiger partial charge in [-0.3, -0.25) is 0 Å². The fourth-order valence-electron chi connectivity index (χ4n) is 1.84. The number of H-pyrrole nitrogens is 1. The highest BCUT2D eigenvalue weighted by atomic mass is 32.2. The number of aromatic nitrogens is 2. The Morgan fingerprint density at radius 2 is 2.10 bits per heavy atom. The summed E-state index contributed by atoms with van der Waals surface area (Å²) in [4.78, 5) is 8.01. The molecule has 0 aliphatic rings. The van der Waals surface area contributed by atoms with Crippen molar-refractivity contribution in [3.8, 4) is 5.75 Å². The maximum Gasteiger partial charge on any atom is 0.171 e. The van der Waals surface area contributed by atoms with Crippen molar-refractivity contribution >= 4 is 28.5 Å². The third-order valence-electron chi connectivity index (χ3n) is 2.83. The first-order valence-electron chi connectivity index (χ1n) is 5.92. The molecule has 1 aromatic heterocycles. The molecule has 3 N–H and O–H groups in total. The Morgan fingerprint density at radius 3 is 2.85 bits per heavy atom. The van der Waals surface area contributed by atoms with Gasteiger partial charge in [0.15, 0.2) is 5.16 Å². The largest absolute Gasteiger partial charge is 0.497 e. The Balaban J connectivity index is 1.94. The Bertz CT molecular complexity index is 772. The van der Waals surface area contributed by atoms with Crippen LogP contribution in [0.2, 0.25) is 0 Å². The summed E-state index contributed by atoms with van der Waals surface area (Å²) < 4.78 is 18.9. The third-order valence-corrected chi connectivity index (χ3v) is 3.77. The first-order valence-corrected chi connectivity index (χ1v) is 6.74. The zero-order valence-electron chi connectivity index (χ0n) is 10.7. The molecule has 0 spiro atoms. The van der Waals surface area contributed by atoms with E-state index >= 15 is 0 Å². The van der Waals surface area contributed by atoms with Gasteiger partial charge in [-0.15, -0.1) is 0 Å². The Hall–Kier alpha value is -2.21. The Labute approximate surface area is 119 Å². The number of nitrogens with zero attached hydrogens (tertiary/aromatic N) is 1. The SMILES string of the molecule is COc1ccc2nc(Sc3ccc(N)cc3F)[nH]c2c1. The number of methoxy groups -OCH3 is 1. The highest BCUT2D eigenvalue weighted by Gasteiger charge is 2.09. The van der Waals surface area contributed by atoms with Crippen molar-refractivity contribution in [2.45, 2.75) is 10.1 Å².